The van der Waals surface area contributed by atoms with E-state index < -0.39 is 18.6 Å². The Morgan fingerprint density at radius 1 is 1.24 bits per heavy atom. The normalized spacial score (nSPS) is 17.1. The van der Waals surface area contributed by atoms with Crippen molar-refractivity contribution in [3.8, 4) is 0 Å². The van der Waals surface area contributed by atoms with Gasteiger partial charge in [0.05, 0.1) is 6.54 Å². The van der Waals surface area contributed by atoms with Crippen molar-refractivity contribution in [1.82, 2.24) is 9.47 Å². The Bertz CT molecular complexity index is 801. The maximum atomic E-state index is 12.5. The van der Waals surface area contributed by atoms with Crippen molar-refractivity contribution in [2.45, 2.75) is 25.1 Å². The van der Waals surface area contributed by atoms with Crippen LogP contribution in [0.3, 0.4) is 0 Å². The second kappa shape index (κ2) is 6.55. The van der Waals surface area contributed by atoms with Crippen LogP contribution in [0, 0.1) is 0 Å². The number of nitrogens with zero attached hydrogens (tertiary/aromatic N) is 2. The fraction of sp³-hybridized carbons (Fsp3) is 0.389. The molecule has 1 aliphatic rings. The van der Waals surface area contributed by atoms with Crippen LogP contribution in [0.4, 0.5) is 13.2 Å². The van der Waals surface area contributed by atoms with E-state index in [1.54, 1.807) is 6.07 Å². The zero-order valence-electron chi connectivity index (χ0n) is 13.7. The van der Waals surface area contributed by atoms with Gasteiger partial charge >= 0.3 is 6.18 Å². The van der Waals surface area contributed by atoms with Crippen molar-refractivity contribution >= 4 is 22.4 Å². The minimum atomic E-state index is -4.15. The average molecular weight is 351 g/mol. The Morgan fingerprint density at radius 2 is 1.92 bits per heavy atom. The van der Waals surface area contributed by atoms with Crippen LogP contribution in [0.2, 0.25) is 0 Å². The maximum Gasteiger partial charge on any atom is 0.401 e. The monoisotopic (exact) mass is 351 g/mol. The van der Waals surface area contributed by atoms with Crippen LogP contribution in [0.1, 0.15) is 24.4 Å². The number of halogens is 3. The van der Waals surface area contributed by atoms with Gasteiger partial charge in [-0.1, -0.05) is 12.6 Å². The van der Waals surface area contributed by atoms with E-state index in [9.17, 15) is 18.0 Å². The van der Waals surface area contributed by atoms with Crippen LogP contribution in [0.5, 0.6) is 0 Å². The van der Waals surface area contributed by atoms with Crippen LogP contribution in [0.25, 0.3) is 16.5 Å². The SMILES string of the molecule is C=C(C(N)=O)c1ccc2c(ccn2C2CCN(CC(F)(F)F)CC2)c1. The number of aromatic nitrogens is 1. The van der Waals surface area contributed by atoms with Crippen molar-refractivity contribution in [2.75, 3.05) is 19.6 Å². The fourth-order valence-electron chi connectivity index (χ4n) is 3.42. The number of nitrogens with two attached hydrogens (primary N) is 1. The molecule has 1 amide bonds. The molecule has 0 radical (unpaired) electrons. The molecule has 1 saturated heterocycles. The number of rotatable bonds is 4. The third kappa shape index (κ3) is 3.87. The largest absolute Gasteiger partial charge is 0.401 e. The molecular weight excluding hydrogens is 331 g/mol. The van der Waals surface area contributed by atoms with Gasteiger partial charge in [0.1, 0.15) is 0 Å². The number of hydrogen-bond donors (Lipinski definition) is 1. The van der Waals surface area contributed by atoms with Crippen LogP contribution in [-0.2, 0) is 4.79 Å². The highest BCUT2D eigenvalue weighted by molar-refractivity contribution is 6.18. The Morgan fingerprint density at radius 3 is 2.52 bits per heavy atom. The third-order valence-corrected chi connectivity index (χ3v) is 4.72. The van der Waals surface area contributed by atoms with Crippen molar-refractivity contribution in [1.29, 1.82) is 0 Å². The van der Waals surface area contributed by atoms with E-state index >= 15 is 0 Å². The summed E-state index contributed by atoms with van der Waals surface area (Å²) in [5.74, 6) is -0.559. The van der Waals surface area contributed by atoms with Gasteiger partial charge in [0.25, 0.3) is 0 Å². The molecular formula is C18H20F3N3O. The van der Waals surface area contributed by atoms with E-state index in [4.69, 9.17) is 5.73 Å². The lowest BCUT2D eigenvalue weighted by molar-refractivity contribution is -0.148. The van der Waals surface area contributed by atoms with Gasteiger partial charge in [-0.25, -0.2) is 0 Å². The highest BCUT2D eigenvalue weighted by atomic mass is 19.4. The highest BCUT2D eigenvalue weighted by Crippen LogP contribution is 2.30. The lowest BCUT2D eigenvalue weighted by atomic mass is 10.0. The fourth-order valence-corrected chi connectivity index (χ4v) is 3.42. The molecule has 25 heavy (non-hydrogen) atoms. The third-order valence-electron chi connectivity index (χ3n) is 4.72. The summed E-state index contributed by atoms with van der Waals surface area (Å²) in [4.78, 5) is 12.7. The first-order chi connectivity index (χ1) is 11.7. The van der Waals surface area contributed by atoms with Gasteiger partial charge in [0.2, 0.25) is 5.91 Å². The number of amides is 1. The average Bonchev–Trinajstić information content (AvgIpc) is 2.96. The molecule has 0 atom stereocenters. The molecule has 2 N–H and O–H groups in total. The molecule has 4 nitrogen and oxygen atoms in total. The van der Waals surface area contributed by atoms with Gasteiger partial charge in [-0.15, -0.1) is 0 Å². The van der Waals surface area contributed by atoms with E-state index in [-0.39, 0.29) is 11.6 Å². The Kier molecular flexibility index (Phi) is 4.60. The van der Waals surface area contributed by atoms with E-state index in [1.807, 2.05) is 24.4 Å². The number of hydrogen-bond acceptors (Lipinski definition) is 2. The summed E-state index contributed by atoms with van der Waals surface area (Å²) in [7, 11) is 0. The Balaban J connectivity index is 1.75. The minimum absolute atomic E-state index is 0.173. The lowest BCUT2D eigenvalue weighted by Crippen LogP contribution is -2.40. The molecule has 0 saturated carbocycles. The number of primary amides is 1. The van der Waals surface area contributed by atoms with Gasteiger partial charge in [-0.05, 0) is 36.6 Å². The first-order valence-corrected chi connectivity index (χ1v) is 8.13. The number of carbonyl (C=O) groups is 1. The number of piperidine rings is 1. The van der Waals surface area contributed by atoms with Gasteiger partial charge in [-0.2, -0.15) is 13.2 Å². The summed E-state index contributed by atoms with van der Waals surface area (Å²) >= 11 is 0. The van der Waals surface area contributed by atoms with Crippen LogP contribution in [-0.4, -0.2) is 41.2 Å². The molecule has 0 bridgehead atoms. The molecule has 1 aliphatic heterocycles. The molecule has 1 aromatic carbocycles. The lowest BCUT2D eigenvalue weighted by Gasteiger charge is -2.33. The first kappa shape index (κ1) is 17.5. The summed E-state index contributed by atoms with van der Waals surface area (Å²) in [6.07, 6.45) is -0.844. The standard InChI is InChI=1S/C18H20F3N3O/c1-12(17(22)25)13-2-3-16-14(10-13)4-9-24(16)15-5-7-23(8-6-15)11-18(19,20)21/h2-4,9-10,15H,1,5-8,11H2,(H2,22,25). The van der Waals surface area contributed by atoms with Crippen LogP contribution >= 0.6 is 0 Å². The van der Waals surface area contributed by atoms with Crippen molar-refractivity contribution in [3.63, 3.8) is 0 Å². The minimum Gasteiger partial charge on any atom is -0.366 e. The summed E-state index contributed by atoms with van der Waals surface area (Å²) in [6, 6.07) is 7.67. The molecule has 2 aromatic rings. The molecule has 0 aliphatic carbocycles. The van der Waals surface area contributed by atoms with Gasteiger partial charge in [0.15, 0.2) is 0 Å². The predicted octanol–water partition coefficient (Wildman–Crippen LogP) is 3.34. The zero-order valence-corrected chi connectivity index (χ0v) is 13.7. The van der Waals surface area contributed by atoms with Crippen LogP contribution in [0.15, 0.2) is 37.0 Å². The Labute approximate surface area is 143 Å². The highest BCUT2D eigenvalue weighted by Gasteiger charge is 2.32. The van der Waals surface area contributed by atoms with Crippen molar-refractivity contribution in [3.05, 3.63) is 42.6 Å². The quantitative estimate of drug-likeness (QED) is 0.859. The summed E-state index contributed by atoms with van der Waals surface area (Å²) in [6.45, 7) is 3.71. The van der Waals surface area contributed by atoms with E-state index in [1.165, 1.54) is 4.90 Å². The maximum absolute atomic E-state index is 12.5. The number of fused-ring (bicyclic) bond motifs is 1. The number of carbonyl (C=O) groups excluding carboxylic acids is 1. The Hall–Kier alpha value is -2.28. The molecule has 0 spiro atoms. The molecule has 1 fully saturated rings. The second-order valence-corrected chi connectivity index (χ2v) is 6.46. The topological polar surface area (TPSA) is 51.3 Å². The molecule has 3 rings (SSSR count). The van der Waals surface area contributed by atoms with Gasteiger partial charge in [0, 0.05) is 41.8 Å². The smallest absolute Gasteiger partial charge is 0.366 e. The van der Waals surface area contributed by atoms with E-state index in [0.29, 0.717) is 31.5 Å². The van der Waals surface area contributed by atoms with Gasteiger partial charge < -0.3 is 10.3 Å². The molecule has 1 aromatic heterocycles. The summed E-state index contributed by atoms with van der Waals surface area (Å²) in [5, 5.41) is 0.956. The number of alkyl halides is 3. The summed E-state index contributed by atoms with van der Waals surface area (Å²) < 4.78 is 39.6. The molecule has 0 unspecified atom stereocenters. The van der Waals surface area contributed by atoms with Crippen molar-refractivity contribution < 1.29 is 18.0 Å². The number of benzene rings is 1. The van der Waals surface area contributed by atoms with E-state index in [2.05, 4.69) is 11.1 Å². The second-order valence-electron chi connectivity index (χ2n) is 6.46. The number of likely N-dealkylation sites (tertiary alicyclic amines) is 1. The van der Waals surface area contributed by atoms with Gasteiger partial charge in [-0.3, -0.25) is 9.69 Å². The molecule has 7 heteroatoms. The zero-order chi connectivity index (χ0) is 18.2. The first-order valence-electron chi connectivity index (χ1n) is 8.13. The van der Waals surface area contributed by atoms with Crippen LogP contribution < -0.4 is 5.73 Å². The predicted molar refractivity (Wildman–Crippen MR) is 90.9 cm³/mol. The molecule has 134 valence electrons. The molecule has 2 heterocycles. The van der Waals surface area contributed by atoms with E-state index in [0.717, 1.165) is 10.9 Å². The van der Waals surface area contributed by atoms with Crippen molar-refractivity contribution in [2.24, 2.45) is 5.73 Å². The summed E-state index contributed by atoms with van der Waals surface area (Å²) in [5.41, 5.74) is 7.20.